The van der Waals surface area contributed by atoms with Crippen LogP contribution in [0, 0.1) is 34.0 Å². The number of carbonyl (C=O) groups excluding carboxylic acids is 2. The summed E-state index contributed by atoms with van der Waals surface area (Å²) in [6.07, 6.45) is 10.3. The van der Waals surface area contributed by atoms with Gasteiger partial charge in [-0.3, -0.25) is 9.59 Å². The Hall–Kier alpha value is -1.16. The summed E-state index contributed by atoms with van der Waals surface area (Å²) in [5.41, 5.74) is 0.753. The summed E-state index contributed by atoms with van der Waals surface area (Å²) in [7, 11) is 0. The molecule has 4 aliphatic rings. The molecule has 1 spiro atoms. The van der Waals surface area contributed by atoms with Crippen LogP contribution in [0.5, 0.6) is 0 Å². The third kappa shape index (κ3) is 2.30. The van der Waals surface area contributed by atoms with Crippen molar-refractivity contribution in [3.8, 4) is 0 Å². The van der Waals surface area contributed by atoms with Crippen molar-refractivity contribution in [3.63, 3.8) is 0 Å². The van der Waals surface area contributed by atoms with Gasteiger partial charge < -0.3 is 9.84 Å². The van der Waals surface area contributed by atoms with Gasteiger partial charge >= 0.3 is 5.97 Å². The first-order valence-electron chi connectivity index (χ1n) is 10.2. The topological polar surface area (TPSA) is 63.6 Å². The van der Waals surface area contributed by atoms with Gasteiger partial charge in [0.2, 0.25) is 0 Å². The third-order valence-corrected chi connectivity index (χ3v) is 8.71. The Bertz CT molecular complexity index is 655. The maximum Gasteiger partial charge on any atom is 0.302 e. The van der Waals surface area contributed by atoms with E-state index in [0.717, 1.165) is 50.4 Å². The number of allylic oxidation sites excluding steroid dienone is 1. The van der Waals surface area contributed by atoms with E-state index < -0.39 is 0 Å². The van der Waals surface area contributed by atoms with Gasteiger partial charge in [0.25, 0.3) is 0 Å². The predicted molar refractivity (Wildman–Crippen MR) is 98.2 cm³/mol. The lowest BCUT2D eigenvalue weighted by molar-refractivity contribution is -0.208. The monoisotopic (exact) mass is 360 g/mol. The lowest BCUT2D eigenvalue weighted by atomic mass is 9.40. The Balaban J connectivity index is 1.83. The normalized spacial score (nSPS) is 49.6. The molecule has 4 heteroatoms. The number of esters is 1. The molecule has 2 bridgehead atoms. The number of aliphatic hydroxyl groups excluding tert-OH is 1. The second-order valence-corrected chi connectivity index (χ2v) is 9.96. The van der Waals surface area contributed by atoms with Gasteiger partial charge in [-0.25, -0.2) is 0 Å². The number of fused-ring (bicyclic) bond motifs is 3. The van der Waals surface area contributed by atoms with E-state index in [1.807, 2.05) is 0 Å². The fourth-order valence-corrected chi connectivity index (χ4v) is 7.67. The summed E-state index contributed by atoms with van der Waals surface area (Å²) in [5, 5.41) is 10.2. The molecule has 4 nitrogen and oxygen atoms in total. The minimum absolute atomic E-state index is 0.111. The molecule has 0 aromatic heterocycles. The van der Waals surface area contributed by atoms with E-state index in [1.165, 1.54) is 13.3 Å². The summed E-state index contributed by atoms with van der Waals surface area (Å²) < 4.78 is 5.93. The molecule has 3 saturated carbocycles. The smallest absolute Gasteiger partial charge is 0.302 e. The van der Waals surface area contributed by atoms with Crippen LogP contribution in [0.15, 0.2) is 11.6 Å². The zero-order valence-electron chi connectivity index (χ0n) is 16.3. The number of hydrogen-bond donors (Lipinski definition) is 1. The Morgan fingerprint density at radius 1 is 1.31 bits per heavy atom. The zero-order chi connectivity index (χ0) is 18.7. The molecule has 0 unspecified atom stereocenters. The number of rotatable bonds is 3. The van der Waals surface area contributed by atoms with E-state index in [-0.39, 0.29) is 34.9 Å². The van der Waals surface area contributed by atoms with Crippen molar-refractivity contribution < 1.29 is 19.4 Å². The molecule has 0 saturated heterocycles. The fourth-order valence-electron chi connectivity index (χ4n) is 7.67. The van der Waals surface area contributed by atoms with Gasteiger partial charge in [0, 0.05) is 18.9 Å². The van der Waals surface area contributed by atoms with Crippen molar-refractivity contribution in [1.29, 1.82) is 0 Å². The van der Waals surface area contributed by atoms with Crippen LogP contribution in [0.3, 0.4) is 0 Å². The third-order valence-electron chi connectivity index (χ3n) is 8.71. The first kappa shape index (κ1) is 18.2. The highest BCUT2D eigenvalue weighted by Crippen LogP contribution is 2.71. The molecule has 0 heterocycles. The second kappa shape index (κ2) is 5.92. The lowest BCUT2D eigenvalue weighted by Gasteiger charge is -2.65. The molecule has 1 N–H and O–H groups in total. The summed E-state index contributed by atoms with van der Waals surface area (Å²) >= 11 is 0. The largest absolute Gasteiger partial charge is 0.462 e. The van der Waals surface area contributed by atoms with E-state index in [1.54, 1.807) is 0 Å². The highest BCUT2D eigenvalue weighted by Gasteiger charge is 2.67. The molecule has 4 rings (SSSR count). The van der Waals surface area contributed by atoms with Crippen LogP contribution in [-0.4, -0.2) is 30.1 Å². The highest BCUT2D eigenvalue weighted by molar-refractivity contribution is 5.76. The van der Waals surface area contributed by atoms with Crippen LogP contribution < -0.4 is 0 Å². The van der Waals surface area contributed by atoms with Crippen LogP contribution in [0.4, 0.5) is 0 Å². The van der Waals surface area contributed by atoms with Crippen molar-refractivity contribution in [2.24, 2.45) is 34.0 Å². The summed E-state index contributed by atoms with van der Waals surface area (Å²) in [5.74, 6) is 0.857. The number of aldehydes is 1. The van der Waals surface area contributed by atoms with Crippen LogP contribution in [0.25, 0.3) is 0 Å². The number of carbonyl (C=O) groups is 2. The van der Waals surface area contributed by atoms with E-state index in [9.17, 15) is 14.7 Å². The molecule has 4 aliphatic carbocycles. The van der Waals surface area contributed by atoms with Crippen molar-refractivity contribution in [1.82, 2.24) is 0 Å². The molecule has 0 aliphatic heterocycles. The zero-order valence-corrected chi connectivity index (χ0v) is 16.3. The molecule has 26 heavy (non-hydrogen) atoms. The Morgan fingerprint density at radius 2 is 2.08 bits per heavy atom. The first-order chi connectivity index (χ1) is 12.3. The molecule has 144 valence electrons. The van der Waals surface area contributed by atoms with Gasteiger partial charge in [-0.15, -0.1) is 0 Å². The molecule has 7 atom stereocenters. The molecule has 0 amide bonds. The van der Waals surface area contributed by atoms with Gasteiger partial charge in [0.1, 0.15) is 12.4 Å². The fraction of sp³-hybridized carbons (Fsp3) is 0.818. The van der Waals surface area contributed by atoms with Crippen molar-refractivity contribution >= 4 is 12.3 Å². The SMILES string of the molecule is CC(=O)O[C@H]1C[C@@H]2[C@@](C)(CO)CCC[C@@]2(C)[C@@H]2CC[C@@H]3C[C@]12C=C3C=O. The van der Waals surface area contributed by atoms with E-state index >= 15 is 0 Å². The van der Waals surface area contributed by atoms with Crippen molar-refractivity contribution in [2.75, 3.05) is 6.61 Å². The molecule has 0 aromatic carbocycles. The van der Waals surface area contributed by atoms with Gasteiger partial charge in [-0.2, -0.15) is 0 Å². The standard InChI is InChI=1S/C22H32O4/c1-14(25)26-19-9-18-20(2,13-24)7-4-8-21(18,3)17-6-5-15-10-22(17,19)11-16(15)12-23/h11-12,15,17-19,24H,4-10,13H2,1-3H3/t15-,17+,18-,19+,20-,21+,22-/m1/s1. The van der Waals surface area contributed by atoms with Gasteiger partial charge in [0.15, 0.2) is 0 Å². The van der Waals surface area contributed by atoms with Crippen molar-refractivity contribution in [2.45, 2.75) is 71.8 Å². The molecule has 0 aromatic rings. The average Bonchev–Trinajstić information content (AvgIpc) is 2.88. The lowest BCUT2D eigenvalue weighted by Crippen LogP contribution is -2.62. The van der Waals surface area contributed by atoms with Crippen LogP contribution in [0.2, 0.25) is 0 Å². The minimum atomic E-state index is -0.233. The number of hydrogen-bond acceptors (Lipinski definition) is 4. The van der Waals surface area contributed by atoms with E-state index in [4.69, 9.17) is 4.74 Å². The highest BCUT2D eigenvalue weighted by atomic mass is 16.5. The maximum absolute atomic E-state index is 11.9. The van der Waals surface area contributed by atoms with E-state index in [0.29, 0.717) is 17.8 Å². The molecular weight excluding hydrogens is 328 g/mol. The molecular formula is C22H32O4. The number of aliphatic hydroxyl groups is 1. The van der Waals surface area contributed by atoms with Crippen molar-refractivity contribution in [3.05, 3.63) is 11.6 Å². The Labute approximate surface area is 156 Å². The quantitative estimate of drug-likeness (QED) is 0.616. The average molecular weight is 360 g/mol. The Kier molecular flexibility index (Phi) is 4.15. The number of ether oxygens (including phenoxy) is 1. The summed E-state index contributed by atoms with van der Waals surface area (Å²) in [6, 6.07) is 0. The van der Waals surface area contributed by atoms with Gasteiger partial charge in [0.05, 0.1) is 0 Å². The maximum atomic E-state index is 11.9. The molecule has 0 radical (unpaired) electrons. The van der Waals surface area contributed by atoms with Gasteiger partial charge in [-0.05, 0) is 72.7 Å². The molecule has 3 fully saturated rings. The van der Waals surface area contributed by atoms with Crippen LogP contribution >= 0.6 is 0 Å². The van der Waals surface area contributed by atoms with Crippen LogP contribution in [0.1, 0.15) is 65.7 Å². The van der Waals surface area contributed by atoms with Crippen LogP contribution in [-0.2, 0) is 14.3 Å². The Morgan fingerprint density at radius 3 is 2.73 bits per heavy atom. The summed E-state index contributed by atoms with van der Waals surface area (Å²) in [4.78, 5) is 23.6. The van der Waals surface area contributed by atoms with Gasteiger partial charge in [-0.1, -0.05) is 26.3 Å². The minimum Gasteiger partial charge on any atom is -0.462 e. The predicted octanol–water partition coefficient (Wildman–Crippen LogP) is 3.67. The first-order valence-corrected chi connectivity index (χ1v) is 10.2. The second-order valence-electron chi connectivity index (χ2n) is 9.96. The van der Waals surface area contributed by atoms with E-state index in [2.05, 4.69) is 19.9 Å². The summed E-state index contributed by atoms with van der Waals surface area (Å²) in [6.45, 7) is 6.31.